The van der Waals surface area contributed by atoms with Crippen molar-refractivity contribution in [2.45, 2.75) is 25.6 Å². The van der Waals surface area contributed by atoms with Crippen LogP contribution in [0.2, 0.25) is 10.0 Å². The van der Waals surface area contributed by atoms with Gasteiger partial charge in [0.1, 0.15) is 0 Å². The molecule has 28 heavy (non-hydrogen) atoms. The zero-order valence-electron chi connectivity index (χ0n) is 15.6. The summed E-state index contributed by atoms with van der Waals surface area (Å²) in [6.07, 6.45) is -0.754. The molecule has 1 fully saturated rings. The highest BCUT2D eigenvalue weighted by molar-refractivity contribution is 7.80. The van der Waals surface area contributed by atoms with Gasteiger partial charge in [0.15, 0.2) is 11.3 Å². The van der Waals surface area contributed by atoms with Crippen molar-refractivity contribution < 1.29 is 10.0 Å². The third kappa shape index (κ3) is 3.63. The first kappa shape index (κ1) is 20.7. The van der Waals surface area contributed by atoms with Crippen LogP contribution in [0.1, 0.15) is 13.8 Å². The zero-order chi connectivity index (χ0) is 20.6. The largest absolute Gasteiger partial charge is 0.347 e. The van der Waals surface area contributed by atoms with Crippen molar-refractivity contribution in [3.63, 3.8) is 0 Å². The van der Waals surface area contributed by atoms with E-state index >= 15 is 0 Å². The molecular formula is C19H20Cl2N4O2S. The van der Waals surface area contributed by atoms with Crippen molar-refractivity contribution in [2.24, 2.45) is 0 Å². The predicted octanol–water partition coefficient (Wildman–Crippen LogP) is 5.06. The molecule has 1 saturated heterocycles. The quantitative estimate of drug-likeness (QED) is 0.398. The van der Waals surface area contributed by atoms with E-state index in [1.165, 1.54) is 6.07 Å². The Morgan fingerprint density at radius 2 is 1.82 bits per heavy atom. The monoisotopic (exact) mass is 438 g/mol. The number of para-hydroxylation sites is 1. The lowest BCUT2D eigenvalue weighted by Crippen LogP contribution is -2.57. The molecule has 9 heteroatoms. The van der Waals surface area contributed by atoms with E-state index in [1.807, 2.05) is 56.1 Å². The number of hydrogen-bond donors (Lipinski definition) is 2. The maximum atomic E-state index is 12.8. The molecule has 1 heterocycles. The summed E-state index contributed by atoms with van der Waals surface area (Å²) in [4.78, 5) is 16.4. The smallest absolute Gasteiger partial charge is 0.343 e. The molecule has 0 aromatic heterocycles. The number of amides is 2. The fourth-order valence-corrected chi connectivity index (χ4v) is 3.86. The third-order valence-electron chi connectivity index (χ3n) is 4.88. The Balaban J connectivity index is 1.92. The number of anilines is 2. The summed E-state index contributed by atoms with van der Waals surface area (Å²) in [5.74, 6) is 0. The highest BCUT2D eigenvalue weighted by atomic mass is 35.5. The number of hydrogen-bond acceptors (Lipinski definition) is 3. The molecule has 2 amide bonds. The Labute approximate surface area is 179 Å². The molecule has 1 aliphatic heterocycles. The normalized spacial score (nSPS) is 18.4. The highest BCUT2D eigenvalue weighted by Crippen LogP contribution is 2.37. The second kappa shape index (κ2) is 7.75. The molecule has 2 aromatic carbocycles. The molecule has 0 unspecified atom stereocenters. The van der Waals surface area contributed by atoms with Crippen LogP contribution in [-0.4, -0.2) is 45.1 Å². The number of carbonyl (C=O) groups is 1. The Morgan fingerprint density at radius 3 is 2.43 bits per heavy atom. The van der Waals surface area contributed by atoms with E-state index in [4.69, 9.17) is 35.4 Å². The van der Waals surface area contributed by atoms with Gasteiger partial charge in [-0.15, -0.1) is 0 Å². The Kier molecular flexibility index (Phi) is 5.72. The summed E-state index contributed by atoms with van der Waals surface area (Å²) in [5, 5.41) is 15.3. The Bertz CT molecular complexity index is 910. The van der Waals surface area contributed by atoms with Gasteiger partial charge in [0.05, 0.1) is 15.6 Å². The molecule has 0 bridgehead atoms. The number of urea groups is 1. The number of halogens is 2. The Hall–Kier alpha value is -2.06. The van der Waals surface area contributed by atoms with E-state index in [2.05, 4.69) is 5.32 Å². The summed E-state index contributed by atoms with van der Waals surface area (Å²) < 4.78 is 0. The number of thiocarbonyl (C=S) groups is 1. The first-order chi connectivity index (χ1) is 13.1. The standard InChI is InChI=1S/C19H20Cl2N4O2S/c1-19(2)16(24(18(28)23(19)3)13-7-5-4-6-8-13)25(27)17(26)22-12-9-10-14(20)15(21)11-12/h4-11,16,27H,1-3H3,(H,22,26)/t16-/m0/s1. The third-order valence-corrected chi connectivity index (χ3v) is 6.09. The van der Waals surface area contributed by atoms with Crippen molar-refractivity contribution in [1.29, 1.82) is 0 Å². The average Bonchev–Trinajstić information content (AvgIpc) is 2.84. The van der Waals surface area contributed by atoms with Crippen LogP contribution in [0, 0.1) is 0 Å². The number of nitrogens with one attached hydrogen (secondary N) is 1. The lowest BCUT2D eigenvalue weighted by Gasteiger charge is -2.38. The molecule has 0 saturated carbocycles. The van der Waals surface area contributed by atoms with Gasteiger partial charge >= 0.3 is 6.03 Å². The average molecular weight is 439 g/mol. The summed E-state index contributed by atoms with van der Waals surface area (Å²) in [5.41, 5.74) is 0.532. The molecule has 0 spiro atoms. The minimum absolute atomic E-state index is 0.303. The SMILES string of the molecule is CN1C(=S)N(c2ccccc2)[C@@H](N(O)C(=O)Nc2ccc(Cl)c(Cl)c2)C1(C)C. The van der Waals surface area contributed by atoms with Gasteiger partial charge < -0.3 is 10.2 Å². The number of nitrogens with zero attached hydrogens (tertiary/aromatic N) is 3. The van der Waals surface area contributed by atoms with Gasteiger partial charge in [-0.2, -0.15) is 5.06 Å². The summed E-state index contributed by atoms with van der Waals surface area (Å²) in [6, 6.07) is 13.4. The Morgan fingerprint density at radius 1 is 1.18 bits per heavy atom. The van der Waals surface area contributed by atoms with Gasteiger partial charge in [-0.05, 0) is 56.4 Å². The lowest BCUT2D eigenvalue weighted by molar-refractivity contribution is -0.0931. The van der Waals surface area contributed by atoms with Crippen molar-refractivity contribution in [1.82, 2.24) is 9.96 Å². The number of hydroxylamine groups is 2. The zero-order valence-corrected chi connectivity index (χ0v) is 17.9. The van der Waals surface area contributed by atoms with Crippen LogP contribution in [0.4, 0.5) is 16.2 Å². The van der Waals surface area contributed by atoms with Crippen molar-refractivity contribution in [2.75, 3.05) is 17.3 Å². The molecule has 3 rings (SSSR count). The van der Waals surface area contributed by atoms with Crippen molar-refractivity contribution in [3.8, 4) is 0 Å². The van der Waals surface area contributed by atoms with Gasteiger partial charge in [-0.3, -0.25) is 10.1 Å². The van der Waals surface area contributed by atoms with Gasteiger partial charge in [0.25, 0.3) is 0 Å². The predicted molar refractivity (Wildman–Crippen MR) is 116 cm³/mol. The van der Waals surface area contributed by atoms with Gasteiger partial charge in [0.2, 0.25) is 0 Å². The van der Waals surface area contributed by atoms with Crippen LogP contribution in [0.15, 0.2) is 48.5 Å². The lowest BCUT2D eigenvalue weighted by atomic mass is 10.0. The molecule has 148 valence electrons. The number of carbonyl (C=O) groups excluding carboxylic acids is 1. The van der Waals surface area contributed by atoms with E-state index in [1.54, 1.807) is 17.0 Å². The number of rotatable bonds is 3. The van der Waals surface area contributed by atoms with E-state index < -0.39 is 17.7 Å². The van der Waals surface area contributed by atoms with Crippen LogP contribution < -0.4 is 10.2 Å². The van der Waals surface area contributed by atoms with E-state index in [0.717, 1.165) is 5.69 Å². The summed E-state index contributed by atoms with van der Waals surface area (Å²) in [7, 11) is 1.84. The number of benzene rings is 2. The van der Waals surface area contributed by atoms with E-state index in [9.17, 15) is 10.0 Å². The van der Waals surface area contributed by atoms with Gasteiger partial charge in [0, 0.05) is 18.4 Å². The van der Waals surface area contributed by atoms with Crippen LogP contribution in [-0.2, 0) is 0 Å². The summed E-state index contributed by atoms with van der Waals surface area (Å²) >= 11 is 17.5. The van der Waals surface area contributed by atoms with Crippen LogP contribution in [0.25, 0.3) is 0 Å². The highest BCUT2D eigenvalue weighted by Gasteiger charge is 2.52. The molecule has 2 aromatic rings. The molecule has 0 radical (unpaired) electrons. The molecule has 1 aliphatic rings. The second-order valence-electron chi connectivity index (χ2n) is 6.98. The van der Waals surface area contributed by atoms with Gasteiger partial charge in [-0.25, -0.2) is 4.79 Å². The minimum Gasteiger partial charge on any atom is -0.343 e. The topological polar surface area (TPSA) is 59.1 Å². The maximum absolute atomic E-state index is 12.8. The van der Waals surface area contributed by atoms with Crippen LogP contribution in [0.3, 0.4) is 0 Å². The molecular weight excluding hydrogens is 419 g/mol. The fourth-order valence-electron chi connectivity index (χ4n) is 3.12. The van der Waals surface area contributed by atoms with Gasteiger partial charge in [-0.1, -0.05) is 41.4 Å². The van der Waals surface area contributed by atoms with Crippen molar-refractivity contribution >= 4 is 57.9 Å². The fraction of sp³-hybridized carbons (Fsp3) is 0.263. The van der Waals surface area contributed by atoms with Crippen LogP contribution in [0.5, 0.6) is 0 Å². The first-order valence-corrected chi connectivity index (χ1v) is 9.67. The van der Waals surface area contributed by atoms with E-state index in [-0.39, 0.29) is 0 Å². The maximum Gasteiger partial charge on any atom is 0.347 e. The van der Waals surface area contributed by atoms with Crippen molar-refractivity contribution in [3.05, 3.63) is 58.6 Å². The van der Waals surface area contributed by atoms with Crippen LogP contribution >= 0.6 is 35.4 Å². The van der Waals surface area contributed by atoms with E-state index in [0.29, 0.717) is 25.9 Å². The molecule has 1 atom stereocenters. The molecule has 0 aliphatic carbocycles. The first-order valence-electron chi connectivity index (χ1n) is 8.51. The molecule has 6 nitrogen and oxygen atoms in total. The number of likely N-dealkylation sites (N-methyl/N-ethyl adjacent to an activating group) is 1. The summed E-state index contributed by atoms with van der Waals surface area (Å²) in [6.45, 7) is 3.81. The molecule has 2 N–H and O–H groups in total. The minimum atomic E-state index is -0.754. The second-order valence-corrected chi connectivity index (χ2v) is 8.16.